The molecule has 136 valence electrons. The lowest BCUT2D eigenvalue weighted by atomic mass is 10.0. The average molecular weight is 418 g/mol. The van der Waals surface area contributed by atoms with Gasteiger partial charge in [0.05, 0.1) is 26.0 Å². The maximum Gasteiger partial charge on any atom is 0.332 e. The summed E-state index contributed by atoms with van der Waals surface area (Å²) in [7, 11) is 3.04. The Labute approximate surface area is 168 Å². The molecule has 8 heteroatoms. The molecule has 0 saturated carbocycles. The first-order valence-electron chi connectivity index (χ1n) is 7.99. The SMILES string of the molecule is Cn1c(=O)c2c(-c3cccc(Cl)c3Cl)cc(-c3cccs3)nc2n(C)c1=O. The Morgan fingerprint density at radius 2 is 1.78 bits per heavy atom. The number of halogens is 2. The number of hydrogen-bond donors (Lipinski definition) is 0. The fourth-order valence-electron chi connectivity index (χ4n) is 3.03. The van der Waals surface area contributed by atoms with Gasteiger partial charge in [-0.2, -0.15) is 0 Å². The molecular formula is C19H13Cl2N3O2S. The Kier molecular flexibility index (Phi) is 4.42. The first-order chi connectivity index (χ1) is 12.9. The van der Waals surface area contributed by atoms with Gasteiger partial charge in [-0.3, -0.25) is 13.9 Å². The number of benzene rings is 1. The molecule has 0 aliphatic heterocycles. The van der Waals surface area contributed by atoms with Gasteiger partial charge in [0.1, 0.15) is 0 Å². The lowest BCUT2D eigenvalue weighted by molar-refractivity contribution is 0.708. The van der Waals surface area contributed by atoms with E-state index in [-0.39, 0.29) is 0 Å². The molecule has 3 heterocycles. The van der Waals surface area contributed by atoms with Crippen LogP contribution in [0, 0.1) is 0 Å². The highest BCUT2D eigenvalue weighted by Crippen LogP contribution is 2.38. The van der Waals surface area contributed by atoms with Gasteiger partial charge in [-0.25, -0.2) is 9.78 Å². The fraction of sp³-hybridized carbons (Fsp3) is 0.105. The van der Waals surface area contributed by atoms with Crippen molar-refractivity contribution in [1.29, 1.82) is 0 Å². The Morgan fingerprint density at radius 1 is 1.00 bits per heavy atom. The monoisotopic (exact) mass is 417 g/mol. The topological polar surface area (TPSA) is 56.9 Å². The molecule has 0 saturated heterocycles. The van der Waals surface area contributed by atoms with Crippen LogP contribution in [0.4, 0.5) is 0 Å². The molecule has 0 N–H and O–H groups in total. The second-order valence-electron chi connectivity index (χ2n) is 6.04. The van der Waals surface area contributed by atoms with Crippen LogP contribution < -0.4 is 11.2 Å². The molecule has 0 spiro atoms. The maximum absolute atomic E-state index is 12.9. The quantitative estimate of drug-likeness (QED) is 0.487. The molecule has 0 radical (unpaired) electrons. The molecular weight excluding hydrogens is 405 g/mol. The smallest absolute Gasteiger partial charge is 0.280 e. The fourth-order valence-corrected chi connectivity index (χ4v) is 4.12. The molecule has 0 bridgehead atoms. The molecule has 0 amide bonds. The van der Waals surface area contributed by atoms with Gasteiger partial charge in [0.25, 0.3) is 5.56 Å². The van der Waals surface area contributed by atoms with Gasteiger partial charge < -0.3 is 0 Å². The van der Waals surface area contributed by atoms with Crippen molar-refractivity contribution < 1.29 is 0 Å². The normalized spacial score (nSPS) is 11.3. The maximum atomic E-state index is 12.9. The molecule has 4 rings (SSSR count). The van der Waals surface area contributed by atoms with E-state index >= 15 is 0 Å². The lowest BCUT2D eigenvalue weighted by Gasteiger charge is -2.14. The van der Waals surface area contributed by atoms with E-state index in [1.807, 2.05) is 23.6 Å². The predicted octanol–water partition coefficient (Wildman–Crippen LogP) is 4.33. The molecule has 0 aliphatic carbocycles. The molecule has 0 aliphatic rings. The Bertz CT molecular complexity index is 1310. The standard InChI is InChI=1S/C19H13Cl2N3O2S/c1-23-17-15(18(25)24(2)19(23)26)11(10-5-3-6-12(20)16(10)21)9-13(22-17)14-7-4-8-27-14/h3-9H,1-2H3. The van der Waals surface area contributed by atoms with Gasteiger partial charge in [0.15, 0.2) is 5.65 Å². The molecule has 1 aromatic carbocycles. The van der Waals surface area contributed by atoms with Crippen molar-refractivity contribution in [2.75, 3.05) is 0 Å². The summed E-state index contributed by atoms with van der Waals surface area (Å²) in [5.41, 5.74) is 1.31. The van der Waals surface area contributed by atoms with Crippen molar-refractivity contribution in [2.45, 2.75) is 0 Å². The summed E-state index contributed by atoms with van der Waals surface area (Å²) >= 11 is 14.2. The summed E-state index contributed by atoms with van der Waals surface area (Å²) in [5.74, 6) is 0. The number of hydrogen-bond acceptors (Lipinski definition) is 4. The van der Waals surface area contributed by atoms with Crippen LogP contribution in [0.15, 0.2) is 51.4 Å². The van der Waals surface area contributed by atoms with E-state index in [2.05, 4.69) is 4.98 Å². The average Bonchev–Trinajstić information content (AvgIpc) is 3.20. The van der Waals surface area contributed by atoms with Gasteiger partial charge in [-0.15, -0.1) is 11.3 Å². The third-order valence-corrected chi connectivity index (χ3v) is 6.14. The zero-order valence-electron chi connectivity index (χ0n) is 14.4. The van der Waals surface area contributed by atoms with E-state index in [9.17, 15) is 9.59 Å². The molecule has 3 aromatic heterocycles. The number of nitrogens with zero attached hydrogens (tertiary/aromatic N) is 3. The van der Waals surface area contributed by atoms with Crippen LogP contribution in [0.25, 0.3) is 32.7 Å². The Balaban J connectivity index is 2.24. The first-order valence-corrected chi connectivity index (χ1v) is 9.62. The number of thiophene rings is 1. The van der Waals surface area contributed by atoms with Gasteiger partial charge >= 0.3 is 5.69 Å². The zero-order valence-corrected chi connectivity index (χ0v) is 16.7. The van der Waals surface area contributed by atoms with Crippen molar-refractivity contribution >= 4 is 45.6 Å². The van der Waals surface area contributed by atoms with Crippen LogP contribution in [0.3, 0.4) is 0 Å². The highest BCUT2D eigenvalue weighted by molar-refractivity contribution is 7.13. The summed E-state index contributed by atoms with van der Waals surface area (Å²) in [6.07, 6.45) is 0. The van der Waals surface area contributed by atoms with E-state index in [4.69, 9.17) is 23.2 Å². The van der Waals surface area contributed by atoms with Crippen molar-refractivity contribution in [3.05, 3.63) is 72.7 Å². The summed E-state index contributed by atoms with van der Waals surface area (Å²) in [5, 5.41) is 3.00. The highest BCUT2D eigenvalue weighted by atomic mass is 35.5. The summed E-state index contributed by atoms with van der Waals surface area (Å²) < 4.78 is 2.44. The minimum Gasteiger partial charge on any atom is -0.280 e. The van der Waals surface area contributed by atoms with Crippen LogP contribution in [0.2, 0.25) is 10.0 Å². The Morgan fingerprint density at radius 3 is 2.48 bits per heavy atom. The minimum atomic E-state index is -0.438. The van der Waals surface area contributed by atoms with Crippen LogP contribution in [0.5, 0.6) is 0 Å². The van der Waals surface area contributed by atoms with E-state index in [0.717, 1.165) is 9.44 Å². The van der Waals surface area contributed by atoms with Crippen LogP contribution in [0.1, 0.15) is 0 Å². The van der Waals surface area contributed by atoms with Gasteiger partial charge in [0.2, 0.25) is 0 Å². The van der Waals surface area contributed by atoms with Gasteiger partial charge in [-0.1, -0.05) is 41.4 Å². The van der Waals surface area contributed by atoms with Crippen molar-refractivity contribution in [3.8, 4) is 21.7 Å². The van der Waals surface area contributed by atoms with E-state index < -0.39 is 11.2 Å². The summed E-state index contributed by atoms with van der Waals surface area (Å²) in [4.78, 5) is 30.9. The number of aromatic nitrogens is 3. The molecule has 0 fully saturated rings. The summed E-state index contributed by atoms with van der Waals surface area (Å²) in [6, 6.07) is 10.9. The molecule has 27 heavy (non-hydrogen) atoms. The number of fused-ring (bicyclic) bond motifs is 1. The van der Waals surface area contributed by atoms with Crippen molar-refractivity contribution in [1.82, 2.24) is 14.1 Å². The minimum absolute atomic E-state index is 0.306. The Hall–Kier alpha value is -2.41. The number of pyridine rings is 1. The predicted molar refractivity (Wildman–Crippen MR) is 111 cm³/mol. The van der Waals surface area contributed by atoms with E-state index in [1.54, 1.807) is 25.2 Å². The zero-order chi connectivity index (χ0) is 19.3. The van der Waals surface area contributed by atoms with Crippen molar-refractivity contribution in [3.63, 3.8) is 0 Å². The first kappa shape index (κ1) is 18.0. The van der Waals surface area contributed by atoms with Crippen LogP contribution in [-0.4, -0.2) is 14.1 Å². The van der Waals surface area contributed by atoms with Gasteiger partial charge in [-0.05, 0) is 23.6 Å². The number of rotatable bonds is 2. The second-order valence-corrected chi connectivity index (χ2v) is 7.77. The van der Waals surface area contributed by atoms with E-state index in [0.29, 0.717) is 37.9 Å². The largest absolute Gasteiger partial charge is 0.332 e. The third-order valence-electron chi connectivity index (χ3n) is 4.43. The van der Waals surface area contributed by atoms with Crippen LogP contribution in [-0.2, 0) is 14.1 Å². The van der Waals surface area contributed by atoms with E-state index in [1.165, 1.54) is 23.0 Å². The van der Waals surface area contributed by atoms with Crippen LogP contribution >= 0.6 is 34.5 Å². The van der Waals surface area contributed by atoms with Crippen molar-refractivity contribution in [2.24, 2.45) is 14.1 Å². The molecule has 5 nitrogen and oxygen atoms in total. The highest BCUT2D eigenvalue weighted by Gasteiger charge is 2.19. The third kappa shape index (κ3) is 2.81. The molecule has 0 unspecified atom stereocenters. The number of aryl methyl sites for hydroxylation is 1. The lowest BCUT2D eigenvalue weighted by Crippen LogP contribution is -2.37. The van der Waals surface area contributed by atoms with Gasteiger partial charge in [0, 0.05) is 25.2 Å². The summed E-state index contributed by atoms with van der Waals surface area (Å²) in [6.45, 7) is 0. The molecule has 4 aromatic rings. The second kappa shape index (κ2) is 6.64. The molecule has 0 atom stereocenters.